The second-order valence-corrected chi connectivity index (χ2v) is 9.58. The van der Waals surface area contributed by atoms with Gasteiger partial charge in [-0.1, -0.05) is 0 Å². The van der Waals surface area contributed by atoms with Crippen molar-refractivity contribution in [3.05, 3.63) is 18.0 Å². The van der Waals surface area contributed by atoms with E-state index in [4.69, 9.17) is 4.99 Å². The second-order valence-electron chi connectivity index (χ2n) is 9.58. The van der Waals surface area contributed by atoms with Gasteiger partial charge in [0.2, 0.25) is 11.9 Å². The van der Waals surface area contributed by atoms with E-state index in [1.165, 1.54) is 6.07 Å². The van der Waals surface area contributed by atoms with Gasteiger partial charge in [0.1, 0.15) is 11.9 Å². The maximum atomic E-state index is 13.5. The number of carbonyl (C=O) groups excluding carboxylic acids is 1. The van der Waals surface area contributed by atoms with Crippen LogP contribution in [0.2, 0.25) is 0 Å². The maximum Gasteiger partial charge on any atom is 0.453 e. The van der Waals surface area contributed by atoms with Crippen LogP contribution < -0.4 is 10.2 Å². The molecule has 3 atom stereocenters. The minimum Gasteiger partial charge on any atom is -0.343 e. The van der Waals surface area contributed by atoms with Gasteiger partial charge >= 0.3 is 6.18 Å². The van der Waals surface area contributed by atoms with Gasteiger partial charge in [0.15, 0.2) is 5.65 Å². The van der Waals surface area contributed by atoms with Crippen LogP contribution in [-0.2, 0) is 11.0 Å². The Balaban J connectivity index is 1.13. The topological polar surface area (TPSA) is 107 Å². The highest BCUT2D eigenvalue weighted by Gasteiger charge is 2.39. The quantitative estimate of drug-likeness (QED) is 0.641. The smallest absolute Gasteiger partial charge is 0.343 e. The Morgan fingerprint density at radius 2 is 1.89 bits per heavy atom. The molecule has 0 aliphatic carbocycles. The molecule has 1 N–H and O–H groups in total. The van der Waals surface area contributed by atoms with Crippen LogP contribution in [0.5, 0.6) is 0 Å². The Morgan fingerprint density at radius 3 is 2.69 bits per heavy atom. The van der Waals surface area contributed by atoms with Crippen LogP contribution in [0.3, 0.4) is 0 Å². The lowest BCUT2D eigenvalue weighted by Gasteiger charge is -2.39. The van der Waals surface area contributed by atoms with Crippen LogP contribution >= 0.6 is 0 Å². The molecule has 3 unspecified atom stereocenters. The lowest BCUT2D eigenvalue weighted by atomic mass is 9.94. The lowest BCUT2D eigenvalue weighted by molar-refractivity contribution is -0.146. The summed E-state index contributed by atoms with van der Waals surface area (Å²) in [7, 11) is 0. The van der Waals surface area contributed by atoms with E-state index in [1.54, 1.807) is 11.0 Å². The first-order valence-electron chi connectivity index (χ1n) is 12.3. The number of halogens is 3. The molecule has 14 heteroatoms. The summed E-state index contributed by atoms with van der Waals surface area (Å²) in [5.74, 6) is 0.232. The summed E-state index contributed by atoms with van der Waals surface area (Å²) in [5, 5.41) is 14.3. The van der Waals surface area contributed by atoms with Crippen LogP contribution in [0.15, 0.2) is 22.1 Å². The average Bonchev–Trinajstić information content (AvgIpc) is 3.55. The molecule has 1 amide bonds. The number of alkyl halides is 3. The number of aliphatic imine (C=N–C) groups is 2. The van der Waals surface area contributed by atoms with Crippen molar-refractivity contribution in [3.63, 3.8) is 0 Å². The van der Waals surface area contributed by atoms with Crippen molar-refractivity contribution in [2.45, 2.75) is 37.5 Å². The van der Waals surface area contributed by atoms with Gasteiger partial charge in [0.25, 0.3) is 5.82 Å². The first-order valence-corrected chi connectivity index (χ1v) is 12.3. The number of hydrogen-bond donors (Lipinski definition) is 1. The van der Waals surface area contributed by atoms with E-state index in [0.29, 0.717) is 55.4 Å². The number of anilines is 1. The fourth-order valence-electron chi connectivity index (χ4n) is 5.43. The summed E-state index contributed by atoms with van der Waals surface area (Å²) in [6.07, 6.45) is -0.230. The van der Waals surface area contributed by atoms with Crippen molar-refractivity contribution in [1.29, 1.82) is 0 Å². The number of fused-ring (bicyclic) bond motifs is 2. The molecular weight excluding hydrogens is 477 g/mol. The van der Waals surface area contributed by atoms with Crippen LogP contribution in [-0.4, -0.2) is 106 Å². The summed E-state index contributed by atoms with van der Waals surface area (Å²) in [5.41, 5.74) is 0.00730. The van der Waals surface area contributed by atoms with Crippen molar-refractivity contribution >= 4 is 29.5 Å². The predicted octanol–water partition coefficient (Wildman–Crippen LogP) is 0.675. The van der Waals surface area contributed by atoms with E-state index in [9.17, 15) is 18.0 Å². The molecule has 192 valence electrons. The molecule has 0 saturated carbocycles. The highest BCUT2D eigenvalue weighted by Crippen LogP contribution is 2.30. The van der Waals surface area contributed by atoms with Gasteiger partial charge in [-0.15, -0.1) is 15.3 Å². The van der Waals surface area contributed by atoms with E-state index in [-0.39, 0.29) is 17.6 Å². The summed E-state index contributed by atoms with van der Waals surface area (Å²) in [4.78, 5) is 28.6. The van der Waals surface area contributed by atoms with E-state index in [2.05, 4.69) is 30.5 Å². The third kappa shape index (κ3) is 4.16. The van der Waals surface area contributed by atoms with Gasteiger partial charge in [-0.05, 0) is 37.9 Å². The fraction of sp³-hybridized carbons (Fsp3) is 0.636. The normalized spacial score (nSPS) is 26.9. The number of aromatic nitrogens is 4. The monoisotopic (exact) mass is 504 g/mol. The fourth-order valence-corrected chi connectivity index (χ4v) is 5.43. The summed E-state index contributed by atoms with van der Waals surface area (Å²) in [6.45, 7) is 4.75. The summed E-state index contributed by atoms with van der Waals surface area (Å²) < 4.78 is 40.6. The first kappa shape index (κ1) is 23.1. The van der Waals surface area contributed by atoms with Gasteiger partial charge in [-0.25, -0.2) is 9.98 Å². The molecule has 4 aliphatic rings. The third-order valence-corrected chi connectivity index (χ3v) is 7.37. The number of nitrogens with zero attached hydrogens (tertiary/aromatic N) is 9. The predicted molar refractivity (Wildman–Crippen MR) is 125 cm³/mol. The first-order chi connectivity index (χ1) is 17.4. The number of hydrogen-bond acceptors (Lipinski definition) is 9. The van der Waals surface area contributed by atoms with Crippen molar-refractivity contribution in [1.82, 2.24) is 34.9 Å². The van der Waals surface area contributed by atoms with Gasteiger partial charge in [-0.3, -0.25) is 4.79 Å². The number of amides is 1. The number of carbonyl (C=O) groups is 1. The molecule has 0 spiro atoms. The number of guanidine groups is 1. The molecule has 6 rings (SSSR count). The van der Waals surface area contributed by atoms with E-state index in [0.717, 1.165) is 31.9 Å². The average molecular weight is 505 g/mol. The zero-order chi connectivity index (χ0) is 24.9. The Kier molecular flexibility index (Phi) is 5.77. The molecule has 6 heterocycles. The van der Waals surface area contributed by atoms with Gasteiger partial charge in [0, 0.05) is 51.4 Å². The Morgan fingerprint density at radius 1 is 1.06 bits per heavy atom. The molecule has 3 saturated heterocycles. The van der Waals surface area contributed by atoms with Gasteiger partial charge in [0.05, 0.1) is 6.04 Å². The minimum absolute atomic E-state index is 0.00730. The number of rotatable bonds is 2. The van der Waals surface area contributed by atoms with Crippen molar-refractivity contribution in [2.24, 2.45) is 15.9 Å². The molecule has 2 aromatic heterocycles. The second kappa shape index (κ2) is 8.98. The molecule has 0 aromatic carbocycles. The highest BCUT2D eigenvalue weighted by molar-refractivity contribution is 5.91. The third-order valence-electron chi connectivity index (χ3n) is 7.37. The number of piperidine rings is 1. The molecule has 3 fully saturated rings. The molecule has 0 radical (unpaired) electrons. The standard InChI is InChI=1S/C22H27F3N10O/c23-22(24,25)20-30-29-17-3-4-18(31-35(17)20)34-7-1-2-16(34)19(36)32-8-10-33(11-9-32)21-27-12-14-5-6-26-13-15(14)28-21/h3-4,12,14-16,26H,1-2,5-11,13H2. The molecule has 2 aromatic rings. The Hall–Kier alpha value is -3.29. The Labute approximate surface area is 205 Å². The Bertz CT molecular complexity index is 1200. The number of nitrogens with one attached hydrogen (secondary N) is 1. The summed E-state index contributed by atoms with van der Waals surface area (Å²) in [6, 6.07) is 2.79. The number of piperazine rings is 1. The van der Waals surface area contributed by atoms with E-state index in [1.807, 2.05) is 11.1 Å². The molecule has 11 nitrogen and oxygen atoms in total. The minimum atomic E-state index is -4.67. The maximum absolute atomic E-state index is 13.5. The van der Waals surface area contributed by atoms with Gasteiger partial charge < -0.3 is 20.0 Å². The van der Waals surface area contributed by atoms with Crippen molar-refractivity contribution < 1.29 is 18.0 Å². The van der Waals surface area contributed by atoms with Crippen LogP contribution in [0.25, 0.3) is 5.65 Å². The van der Waals surface area contributed by atoms with Crippen LogP contribution in [0, 0.1) is 5.92 Å². The van der Waals surface area contributed by atoms with Crippen LogP contribution in [0.1, 0.15) is 25.1 Å². The van der Waals surface area contributed by atoms with Crippen molar-refractivity contribution in [2.75, 3.05) is 50.7 Å². The van der Waals surface area contributed by atoms with E-state index >= 15 is 0 Å². The zero-order valence-corrected chi connectivity index (χ0v) is 19.6. The SMILES string of the molecule is O=C(C1CCCN1c1ccc2nnc(C(F)(F)F)n2n1)N1CCN(C2=NC3CNCCC3C=N2)CC1. The highest BCUT2D eigenvalue weighted by atomic mass is 19.4. The van der Waals surface area contributed by atoms with Crippen molar-refractivity contribution in [3.8, 4) is 0 Å². The largest absolute Gasteiger partial charge is 0.453 e. The molecule has 0 bridgehead atoms. The zero-order valence-electron chi connectivity index (χ0n) is 19.6. The lowest BCUT2D eigenvalue weighted by Crippen LogP contribution is -2.55. The molecule has 4 aliphatic heterocycles. The van der Waals surface area contributed by atoms with E-state index < -0.39 is 18.0 Å². The van der Waals surface area contributed by atoms with Gasteiger partial charge in [-0.2, -0.15) is 17.7 Å². The van der Waals surface area contributed by atoms with Crippen LogP contribution in [0.4, 0.5) is 19.0 Å². The molecular formula is C22H27F3N10O. The summed E-state index contributed by atoms with van der Waals surface area (Å²) >= 11 is 0. The molecule has 36 heavy (non-hydrogen) atoms.